The molecule has 9 heteroatoms. The van der Waals surface area contributed by atoms with Crippen LogP contribution in [-0.4, -0.2) is 82.9 Å². The largest absolute Gasteiger partial charge is 0.375 e. The van der Waals surface area contributed by atoms with Crippen molar-refractivity contribution in [2.45, 2.75) is 32.0 Å². The summed E-state index contributed by atoms with van der Waals surface area (Å²) in [5, 5.41) is 3.14. The van der Waals surface area contributed by atoms with Crippen molar-refractivity contribution in [2.75, 3.05) is 51.4 Å². The lowest BCUT2D eigenvalue weighted by molar-refractivity contribution is -0.0816. The second-order valence-corrected chi connectivity index (χ2v) is 8.09. The van der Waals surface area contributed by atoms with E-state index < -0.39 is 9.84 Å². The minimum atomic E-state index is -2.96. The second kappa shape index (κ2) is 10.00. The van der Waals surface area contributed by atoms with Crippen LogP contribution in [0.1, 0.15) is 19.8 Å². The molecule has 2 fully saturated rings. The summed E-state index contributed by atoms with van der Waals surface area (Å²) >= 11 is 0. The van der Waals surface area contributed by atoms with E-state index >= 15 is 0 Å². The molecular weight excluding hydrogens is 433 g/mol. The van der Waals surface area contributed by atoms with Crippen molar-refractivity contribution in [3.05, 3.63) is 0 Å². The van der Waals surface area contributed by atoms with Crippen LogP contribution in [0.4, 0.5) is 0 Å². The minimum Gasteiger partial charge on any atom is -0.375 e. The SMILES string of the molecule is CCS(=O)(=O)CCNC(=NC)N1CCOC(C2CCCO2)C1.I. The molecular formula is C14H28IN3O4S. The normalized spacial score (nSPS) is 26.0. The van der Waals surface area contributed by atoms with E-state index in [0.717, 1.165) is 38.5 Å². The highest BCUT2D eigenvalue weighted by Crippen LogP contribution is 2.20. The van der Waals surface area contributed by atoms with E-state index in [9.17, 15) is 8.42 Å². The third-order valence-electron chi connectivity index (χ3n) is 4.12. The molecule has 7 nitrogen and oxygen atoms in total. The fourth-order valence-electron chi connectivity index (χ4n) is 2.78. The first-order chi connectivity index (χ1) is 10.6. The van der Waals surface area contributed by atoms with Gasteiger partial charge in [-0.2, -0.15) is 0 Å². The molecule has 23 heavy (non-hydrogen) atoms. The van der Waals surface area contributed by atoms with Gasteiger partial charge < -0.3 is 19.7 Å². The van der Waals surface area contributed by atoms with E-state index in [1.807, 2.05) is 0 Å². The van der Waals surface area contributed by atoms with Crippen molar-refractivity contribution in [1.82, 2.24) is 10.2 Å². The Kier molecular flexibility index (Phi) is 9.09. The maximum absolute atomic E-state index is 11.5. The molecule has 1 N–H and O–H groups in total. The molecule has 2 unspecified atom stereocenters. The molecule has 0 aromatic carbocycles. The van der Waals surface area contributed by atoms with E-state index in [1.54, 1.807) is 14.0 Å². The first-order valence-electron chi connectivity index (χ1n) is 7.95. The number of hydrogen-bond acceptors (Lipinski definition) is 5. The summed E-state index contributed by atoms with van der Waals surface area (Å²) in [6.07, 6.45) is 2.36. The van der Waals surface area contributed by atoms with E-state index in [2.05, 4.69) is 15.2 Å². The average molecular weight is 461 g/mol. The Labute approximate surface area is 156 Å². The summed E-state index contributed by atoms with van der Waals surface area (Å²) in [7, 11) is -1.24. The van der Waals surface area contributed by atoms with Gasteiger partial charge in [0.2, 0.25) is 0 Å². The number of aliphatic imine (C=N–C) groups is 1. The van der Waals surface area contributed by atoms with Crippen molar-refractivity contribution >= 4 is 39.8 Å². The van der Waals surface area contributed by atoms with Gasteiger partial charge in [0.1, 0.15) is 6.10 Å². The molecule has 0 aromatic rings. The quantitative estimate of drug-likeness (QED) is 0.365. The lowest BCUT2D eigenvalue weighted by atomic mass is 10.1. The zero-order chi connectivity index (χ0) is 16.0. The zero-order valence-electron chi connectivity index (χ0n) is 13.9. The Hall–Kier alpha value is -0.130. The Morgan fingerprint density at radius 2 is 2.04 bits per heavy atom. The van der Waals surface area contributed by atoms with E-state index in [-0.39, 0.29) is 47.7 Å². The topological polar surface area (TPSA) is 80.2 Å². The van der Waals surface area contributed by atoms with Crippen LogP contribution in [0.2, 0.25) is 0 Å². The summed E-state index contributed by atoms with van der Waals surface area (Å²) in [5.74, 6) is 1.03. The average Bonchev–Trinajstić information content (AvgIpc) is 3.06. The zero-order valence-corrected chi connectivity index (χ0v) is 17.0. The Balaban J connectivity index is 0.00000264. The lowest BCUT2D eigenvalue weighted by Crippen LogP contribution is -2.53. The molecule has 0 bridgehead atoms. The van der Waals surface area contributed by atoms with Crippen LogP contribution < -0.4 is 5.32 Å². The summed E-state index contributed by atoms with van der Waals surface area (Å²) in [6, 6.07) is 0. The molecule has 2 heterocycles. The molecule has 136 valence electrons. The van der Waals surface area contributed by atoms with Crippen molar-refractivity contribution in [2.24, 2.45) is 4.99 Å². The van der Waals surface area contributed by atoms with Crippen molar-refractivity contribution < 1.29 is 17.9 Å². The number of sulfone groups is 1. The molecule has 2 aliphatic heterocycles. The molecule has 2 aliphatic rings. The number of halogens is 1. The summed E-state index contributed by atoms with van der Waals surface area (Å²) in [5.41, 5.74) is 0. The number of nitrogens with one attached hydrogen (secondary N) is 1. The third kappa shape index (κ3) is 6.35. The van der Waals surface area contributed by atoms with Gasteiger partial charge in [-0.15, -0.1) is 24.0 Å². The summed E-state index contributed by atoms with van der Waals surface area (Å²) in [6.45, 7) is 4.97. The maximum Gasteiger partial charge on any atom is 0.193 e. The van der Waals surface area contributed by atoms with Gasteiger partial charge in [-0.1, -0.05) is 6.92 Å². The van der Waals surface area contributed by atoms with Crippen molar-refractivity contribution in [1.29, 1.82) is 0 Å². The Bertz CT molecular complexity index is 480. The van der Waals surface area contributed by atoms with Gasteiger partial charge in [-0.05, 0) is 12.8 Å². The predicted octanol–water partition coefficient (Wildman–Crippen LogP) is 0.494. The van der Waals surface area contributed by atoms with Gasteiger partial charge in [-0.25, -0.2) is 8.42 Å². The number of ether oxygens (including phenoxy) is 2. The highest BCUT2D eigenvalue weighted by Gasteiger charge is 2.32. The number of rotatable bonds is 5. The lowest BCUT2D eigenvalue weighted by Gasteiger charge is -2.37. The molecule has 0 saturated carbocycles. The van der Waals surface area contributed by atoms with Crippen LogP contribution in [0, 0.1) is 0 Å². The van der Waals surface area contributed by atoms with Gasteiger partial charge >= 0.3 is 0 Å². The Morgan fingerprint density at radius 3 is 2.65 bits per heavy atom. The number of hydrogen-bond donors (Lipinski definition) is 1. The molecule has 0 aliphatic carbocycles. The molecule has 2 atom stereocenters. The second-order valence-electron chi connectivity index (χ2n) is 5.62. The van der Waals surface area contributed by atoms with Crippen LogP contribution in [0.15, 0.2) is 4.99 Å². The highest BCUT2D eigenvalue weighted by molar-refractivity contribution is 14.0. The molecule has 2 rings (SSSR count). The predicted molar refractivity (Wildman–Crippen MR) is 101 cm³/mol. The van der Waals surface area contributed by atoms with Gasteiger partial charge in [0.15, 0.2) is 15.8 Å². The van der Waals surface area contributed by atoms with Gasteiger partial charge in [0.25, 0.3) is 0 Å². The number of guanidine groups is 1. The third-order valence-corrected chi connectivity index (χ3v) is 5.83. The fraction of sp³-hybridized carbons (Fsp3) is 0.929. The van der Waals surface area contributed by atoms with Crippen LogP contribution >= 0.6 is 24.0 Å². The van der Waals surface area contributed by atoms with E-state index in [4.69, 9.17) is 9.47 Å². The van der Waals surface area contributed by atoms with Crippen LogP contribution in [0.3, 0.4) is 0 Å². The summed E-state index contributed by atoms with van der Waals surface area (Å²) < 4.78 is 34.6. The number of nitrogens with zero attached hydrogens (tertiary/aromatic N) is 2. The fourth-order valence-corrected chi connectivity index (χ4v) is 3.49. The molecule has 0 amide bonds. The number of morpholine rings is 1. The highest BCUT2D eigenvalue weighted by atomic mass is 127. The molecule has 0 aromatic heterocycles. The first-order valence-corrected chi connectivity index (χ1v) is 9.77. The van der Waals surface area contributed by atoms with Gasteiger partial charge in [0, 0.05) is 39.0 Å². The maximum atomic E-state index is 11.5. The molecule has 2 saturated heterocycles. The first kappa shape index (κ1) is 20.9. The van der Waals surface area contributed by atoms with E-state index in [1.165, 1.54) is 0 Å². The monoisotopic (exact) mass is 461 g/mol. The molecule has 0 spiro atoms. The molecule has 0 radical (unpaired) electrons. The van der Waals surface area contributed by atoms with Crippen LogP contribution in [0.5, 0.6) is 0 Å². The smallest absolute Gasteiger partial charge is 0.193 e. The van der Waals surface area contributed by atoms with Crippen molar-refractivity contribution in [3.8, 4) is 0 Å². The van der Waals surface area contributed by atoms with Gasteiger partial charge in [0.05, 0.1) is 18.5 Å². The van der Waals surface area contributed by atoms with Crippen molar-refractivity contribution in [3.63, 3.8) is 0 Å². The summed E-state index contributed by atoms with van der Waals surface area (Å²) in [4.78, 5) is 6.38. The standard InChI is InChI=1S/C14H27N3O4S.HI/c1-3-22(18,19)10-6-16-14(15-2)17-7-9-21-13(11-17)12-5-4-8-20-12;/h12-13H,3-11H2,1-2H3,(H,15,16);1H. The minimum absolute atomic E-state index is 0. The van der Waals surface area contributed by atoms with Crippen LogP contribution in [-0.2, 0) is 19.3 Å². The Morgan fingerprint density at radius 1 is 1.30 bits per heavy atom. The van der Waals surface area contributed by atoms with Crippen LogP contribution in [0.25, 0.3) is 0 Å². The van der Waals surface area contributed by atoms with Gasteiger partial charge in [-0.3, -0.25) is 4.99 Å². The van der Waals surface area contributed by atoms with E-state index in [0.29, 0.717) is 13.2 Å².